The van der Waals surface area contributed by atoms with Crippen molar-refractivity contribution in [3.05, 3.63) is 58.2 Å². The molecule has 0 spiro atoms. The number of aryl methyl sites for hydroxylation is 1. The Balaban J connectivity index is 1.90. The lowest BCUT2D eigenvalue weighted by molar-refractivity contribution is 0.569. The lowest BCUT2D eigenvalue weighted by Crippen LogP contribution is -2.32. The fourth-order valence-electron chi connectivity index (χ4n) is 3.53. The molecule has 1 fully saturated rings. The lowest BCUT2D eigenvalue weighted by Gasteiger charge is -2.29. The van der Waals surface area contributed by atoms with Crippen LogP contribution in [-0.2, 0) is 0 Å². The van der Waals surface area contributed by atoms with Crippen LogP contribution in [0.3, 0.4) is 0 Å². The van der Waals surface area contributed by atoms with Crippen LogP contribution in [0.1, 0.15) is 42.4 Å². The summed E-state index contributed by atoms with van der Waals surface area (Å²) in [4.78, 5) is 6.74. The molecule has 2 heterocycles. The van der Waals surface area contributed by atoms with Crippen LogP contribution in [0.2, 0.25) is 5.02 Å². The molecule has 2 atom stereocenters. The number of halogens is 1. The van der Waals surface area contributed by atoms with Gasteiger partial charge < -0.3 is 4.90 Å². The summed E-state index contributed by atoms with van der Waals surface area (Å²) in [7, 11) is 0. The summed E-state index contributed by atoms with van der Waals surface area (Å²) in [5, 5.41) is 9.53. The summed E-state index contributed by atoms with van der Waals surface area (Å²) < 4.78 is 0. The van der Waals surface area contributed by atoms with E-state index in [0.29, 0.717) is 22.5 Å². The molecule has 1 aliphatic heterocycles. The zero-order valence-electron chi connectivity index (χ0n) is 13.5. The number of nitriles is 1. The smallest absolute Gasteiger partial charge is 0.147 e. The van der Waals surface area contributed by atoms with Crippen molar-refractivity contribution in [2.45, 2.75) is 38.6 Å². The van der Waals surface area contributed by atoms with Gasteiger partial charge in [-0.15, -0.1) is 0 Å². The zero-order chi connectivity index (χ0) is 16.4. The minimum Gasteiger partial charge on any atom is -0.352 e. The molecular formula is C19H20ClN3. The van der Waals surface area contributed by atoms with E-state index < -0.39 is 0 Å². The molecular weight excluding hydrogens is 306 g/mol. The maximum absolute atomic E-state index is 8.97. The predicted octanol–water partition coefficient (Wildman–Crippen LogP) is 4.69. The van der Waals surface area contributed by atoms with Gasteiger partial charge in [-0.25, -0.2) is 4.98 Å². The van der Waals surface area contributed by atoms with E-state index in [4.69, 9.17) is 16.9 Å². The monoisotopic (exact) mass is 325 g/mol. The molecule has 4 heteroatoms. The van der Waals surface area contributed by atoms with Crippen molar-refractivity contribution in [2.75, 3.05) is 11.4 Å². The molecule has 0 unspecified atom stereocenters. The predicted molar refractivity (Wildman–Crippen MR) is 93.9 cm³/mol. The minimum absolute atomic E-state index is 0.385. The number of rotatable bonds is 3. The van der Waals surface area contributed by atoms with E-state index in [1.807, 2.05) is 0 Å². The molecule has 0 N–H and O–H groups in total. The van der Waals surface area contributed by atoms with Crippen LogP contribution in [0.5, 0.6) is 0 Å². The minimum atomic E-state index is 0.385. The molecule has 3 nitrogen and oxygen atoms in total. The van der Waals surface area contributed by atoms with Gasteiger partial charge in [0.15, 0.2) is 0 Å². The van der Waals surface area contributed by atoms with Gasteiger partial charge in [0.2, 0.25) is 0 Å². The summed E-state index contributed by atoms with van der Waals surface area (Å²) in [6.45, 7) is 5.26. The van der Waals surface area contributed by atoms with Gasteiger partial charge in [0, 0.05) is 24.7 Å². The van der Waals surface area contributed by atoms with Gasteiger partial charge in [0.1, 0.15) is 11.9 Å². The highest BCUT2D eigenvalue weighted by molar-refractivity contribution is 6.33. The molecule has 0 saturated carbocycles. The molecule has 0 amide bonds. The van der Waals surface area contributed by atoms with Crippen molar-refractivity contribution in [1.29, 1.82) is 5.26 Å². The van der Waals surface area contributed by atoms with Crippen LogP contribution < -0.4 is 4.90 Å². The molecule has 1 aromatic heterocycles. The van der Waals surface area contributed by atoms with Gasteiger partial charge in [-0.3, -0.25) is 0 Å². The van der Waals surface area contributed by atoms with Crippen molar-refractivity contribution in [3.8, 4) is 6.07 Å². The molecule has 3 rings (SSSR count). The molecule has 0 aliphatic carbocycles. The number of nitrogens with zero attached hydrogens (tertiary/aromatic N) is 3. The number of aromatic nitrogens is 1. The van der Waals surface area contributed by atoms with E-state index in [0.717, 1.165) is 25.2 Å². The lowest BCUT2D eigenvalue weighted by atomic mass is 9.90. The Labute approximate surface area is 142 Å². The van der Waals surface area contributed by atoms with E-state index in [1.165, 1.54) is 11.1 Å². The van der Waals surface area contributed by atoms with E-state index in [9.17, 15) is 0 Å². The summed E-state index contributed by atoms with van der Waals surface area (Å²) >= 11 is 6.37. The van der Waals surface area contributed by atoms with Crippen LogP contribution in [0.4, 0.5) is 5.82 Å². The second kappa shape index (κ2) is 6.60. The molecule has 118 valence electrons. The first-order valence-electron chi connectivity index (χ1n) is 8.03. The van der Waals surface area contributed by atoms with Crippen LogP contribution >= 0.6 is 11.6 Å². The maximum Gasteiger partial charge on any atom is 0.147 e. The third-order valence-corrected chi connectivity index (χ3v) is 4.97. The van der Waals surface area contributed by atoms with Gasteiger partial charge in [-0.05, 0) is 31.4 Å². The fraction of sp³-hybridized carbons (Fsp3) is 0.368. The van der Waals surface area contributed by atoms with E-state index in [1.54, 1.807) is 12.3 Å². The average Bonchev–Trinajstić information content (AvgIpc) is 2.99. The average molecular weight is 326 g/mol. The molecule has 1 saturated heterocycles. The Hall–Kier alpha value is -2.05. The van der Waals surface area contributed by atoms with Crippen molar-refractivity contribution >= 4 is 17.4 Å². The highest BCUT2D eigenvalue weighted by Gasteiger charge is 2.35. The Morgan fingerprint density at radius 1 is 1.35 bits per heavy atom. The van der Waals surface area contributed by atoms with Gasteiger partial charge in [-0.2, -0.15) is 5.26 Å². The largest absolute Gasteiger partial charge is 0.352 e. The highest BCUT2D eigenvalue weighted by atomic mass is 35.5. The van der Waals surface area contributed by atoms with Gasteiger partial charge in [0.05, 0.1) is 10.6 Å². The number of hydrogen-bond acceptors (Lipinski definition) is 3. The van der Waals surface area contributed by atoms with E-state index in [-0.39, 0.29) is 0 Å². The van der Waals surface area contributed by atoms with Gasteiger partial charge in [0.25, 0.3) is 0 Å². The molecule has 0 radical (unpaired) electrons. The molecule has 1 aliphatic rings. The zero-order valence-corrected chi connectivity index (χ0v) is 14.2. The first-order valence-corrected chi connectivity index (χ1v) is 8.40. The van der Waals surface area contributed by atoms with Crippen molar-refractivity contribution in [2.24, 2.45) is 0 Å². The molecule has 2 aromatic rings. The molecule has 0 bridgehead atoms. The van der Waals surface area contributed by atoms with Crippen LogP contribution in [0.25, 0.3) is 0 Å². The number of anilines is 1. The van der Waals surface area contributed by atoms with E-state index in [2.05, 4.69) is 54.1 Å². The standard InChI is InChI=1S/C19H20ClN3/c1-3-18-16(15-6-4-13(2)5-7-15)8-9-23(18)19-17(20)10-14(11-21)12-22-19/h4-7,10,12,16,18H,3,8-9H2,1-2H3/t16-,18+/m0/s1. The fourth-order valence-corrected chi connectivity index (χ4v) is 3.80. The topological polar surface area (TPSA) is 39.9 Å². The third kappa shape index (κ3) is 3.04. The second-order valence-corrected chi connectivity index (χ2v) is 6.52. The summed E-state index contributed by atoms with van der Waals surface area (Å²) in [6.07, 6.45) is 3.74. The highest BCUT2D eigenvalue weighted by Crippen LogP contribution is 2.39. The SMILES string of the molecule is CC[C@@H]1[C@H](c2ccc(C)cc2)CCN1c1ncc(C#N)cc1Cl. The first kappa shape index (κ1) is 15.8. The first-order chi connectivity index (χ1) is 11.1. The van der Waals surface area contributed by atoms with Crippen LogP contribution in [0.15, 0.2) is 36.5 Å². The Bertz CT molecular complexity index is 733. The van der Waals surface area contributed by atoms with Crippen molar-refractivity contribution in [3.63, 3.8) is 0 Å². The van der Waals surface area contributed by atoms with Gasteiger partial charge >= 0.3 is 0 Å². The summed E-state index contributed by atoms with van der Waals surface area (Å²) in [5.74, 6) is 1.29. The van der Waals surface area contributed by atoms with Crippen molar-refractivity contribution < 1.29 is 0 Å². The van der Waals surface area contributed by atoms with Crippen molar-refractivity contribution in [1.82, 2.24) is 4.98 Å². The van der Waals surface area contributed by atoms with E-state index >= 15 is 0 Å². The second-order valence-electron chi connectivity index (χ2n) is 6.12. The van der Waals surface area contributed by atoms with Crippen LogP contribution in [0, 0.1) is 18.3 Å². The summed E-state index contributed by atoms with van der Waals surface area (Å²) in [6, 6.07) is 13.0. The number of pyridine rings is 1. The quantitative estimate of drug-likeness (QED) is 0.822. The maximum atomic E-state index is 8.97. The summed E-state index contributed by atoms with van der Waals surface area (Å²) in [5.41, 5.74) is 3.17. The molecule has 23 heavy (non-hydrogen) atoms. The number of hydrogen-bond donors (Lipinski definition) is 0. The molecule has 1 aromatic carbocycles. The third-order valence-electron chi connectivity index (χ3n) is 4.69. The Kier molecular flexibility index (Phi) is 4.54. The van der Waals surface area contributed by atoms with Crippen LogP contribution in [-0.4, -0.2) is 17.6 Å². The van der Waals surface area contributed by atoms with Gasteiger partial charge in [-0.1, -0.05) is 48.4 Å². The normalized spacial score (nSPS) is 20.5. The Morgan fingerprint density at radius 2 is 2.09 bits per heavy atom. The Morgan fingerprint density at radius 3 is 2.70 bits per heavy atom. The number of benzene rings is 1.